The van der Waals surface area contributed by atoms with Gasteiger partial charge in [-0.25, -0.2) is 9.78 Å². The highest BCUT2D eigenvalue weighted by Crippen LogP contribution is 2.35. The predicted octanol–water partition coefficient (Wildman–Crippen LogP) is 7.03. The average Bonchev–Trinajstić information content (AvgIpc) is 3.62. The van der Waals surface area contributed by atoms with Crippen molar-refractivity contribution in [2.45, 2.75) is 58.7 Å². The number of rotatable bonds is 9. The highest BCUT2D eigenvalue weighted by Gasteiger charge is 2.21. The van der Waals surface area contributed by atoms with E-state index in [0.717, 1.165) is 45.2 Å². The molecule has 9 heteroatoms. The molecule has 3 aromatic heterocycles. The summed E-state index contributed by atoms with van der Waals surface area (Å²) >= 11 is 1.59. The summed E-state index contributed by atoms with van der Waals surface area (Å²) in [5.41, 5.74) is 2.70. The molecule has 0 bridgehead atoms. The van der Waals surface area contributed by atoms with E-state index >= 15 is 0 Å². The van der Waals surface area contributed by atoms with Crippen molar-refractivity contribution in [2.75, 3.05) is 0 Å². The molecule has 0 aliphatic carbocycles. The minimum absolute atomic E-state index is 0.00931. The van der Waals surface area contributed by atoms with Crippen LogP contribution in [-0.4, -0.2) is 15.1 Å². The third-order valence-corrected chi connectivity index (χ3v) is 6.78. The van der Waals surface area contributed by atoms with Crippen molar-refractivity contribution >= 4 is 22.3 Å². The summed E-state index contributed by atoms with van der Waals surface area (Å²) < 4.78 is 23.1. The molecule has 3 heterocycles. The Hall–Kier alpha value is -3.85. The Morgan fingerprint density at radius 3 is 2.70 bits per heavy atom. The SMILES string of the molecule is CCCC(Oc1ccccc1COc1ccc2oc(-c3nc(C(C)(C)C)cs3)cc2c1)c1noc(=O)[nH]1. The monoisotopic (exact) mass is 519 g/mol. The lowest BCUT2D eigenvalue weighted by molar-refractivity contribution is 0.173. The number of hydrogen-bond donors (Lipinski definition) is 1. The van der Waals surface area contributed by atoms with Gasteiger partial charge < -0.3 is 13.9 Å². The number of aromatic amines is 1. The molecule has 1 atom stereocenters. The van der Waals surface area contributed by atoms with Gasteiger partial charge in [0, 0.05) is 21.7 Å². The van der Waals surface area contributed by atoms with E-state index < -0.39 is 11.9 Å². The number of fused-ring (bicyclic) bond motifs is 1. The van der Waals surface area contributed by atoms with Crippen LogP contribution >= 0.6 is 11.3 Å². The van der Waals surface area contributed by atoms with Gasteiger partial charge in [-0.3, -0.25) is 9.51 Å². The number of benzene rings is 2. The van der Waals surface area contributed by atoms with Gasteiger partial charge in [0.25, 0.3) is 0 Å². The molecule has 0 amide bonds. The minimum atomic E-state index is -0.598. The normalized spacial score (nSPS) is 12.6. The van der Waals surface area contributed by atoms with E-state index in [1.807, 2.05) is 55.5 Å². The summed E-state index contributed by atoms with van der Waals surface area (Å²) in [6, 6.07) is 15.4. The zero-order valence-corrected chi connectivity index (χ0v) is 22.1. The van der Waals surface area contributed by atoms with Gasteiger partial charge in [0.05, 0.1) is 5.69 Å². The summed E-state index contributed by atoms with van der Waals surface area (Å²) in [7, 11) is 0. The van der Waals surface area contributed by atoms with Gasteiger partial charge in [-0.05, 0) is 36.8 Å². The molecule has 1 unspecified atom stereocenters. The van der Waals surface area contributed by atoms with Gasteiger partial charge in [-0.1, -0.05) is 57.5 Å². The van der Waals surface area contributed by atoms with Crippen LogP contribution in [0, 0.1) is 0 Å². The molecule has 0 saturated carbocycles. The minimum Gasteiger partial charge on any atom is -0.489 e. The Morgan fingerprint density at radius 2 is 1.97 bits per heavy atom. The first kappa shape index (κ1) is 24.8. The second-order valence-corrected chi connectivity index (χ2v) is 10.7. The largest absolute Gasteiger partial charge is 0.489 e. The fourth-order valence-corrected chi connectivity index (χ4v) is 4.89. The van der Waals surface area contributed by atoms with E-state index in [1.54, 1.807) is 11.3 Å². The van der Waals surface area contributed by atoms with Gasteiger partial charge in [-0.2, -0.15) is 0 Å². The molecule has 8 nitrogen and oxygen atoms in total. The van der Waals surface area contributed by atoms with Crippen LogP contribution in [0.4, 0.5) is 0 Å². The molecule has 192 valence electrons. The van der Waals surface area contributed by atoms with Crippen LogP contribution in [0.1, 0.15) is 63.7 Å². The number of nitrogens with one attached hydrogen (secondary N) is 1. The van der Waals surface area contributed by atoms with Gasteiger partial charge in [0.2, 0.25) is 0 Å². The van der Waals surface area contributed by atoms with Gasteiger partial charge in [0.1, 0.15) is 23.7 Å². The third kappa shape index (κ3) is 5.61. The third-order valence-electron chi connectivity index (χ3n) is 5.92. The van der Waals surface area contributed by atoms with Crippen LogP contribution in [0.25, 0.3) is 21.7 Å². The zero-order chi connectivity index (χ0) is 26.0. The number of nitrogens with zero attached hydrogens (tertiary/aromatic N) is 2. The van der Waals surface area contributed by atoms with E-state index in [1.165, 1.54) is 0 Å². The van der Waals surface area contributed by atoms with Crippen LogP contribution in [0.15, 0.2) is 67.6 Å². The van der Waals surface area contributed by atoms with Crippen molar-refractivity contribution in [3.63, 3.8) is 0 Å². The van der Waals surface area contributed by atoms with Crippen LogP contribution in [0.2, 0.25) is 0 Å². The number of hydrogen-bond acceptors (Lipinski definition) is 8. The van der Waals surface area contributed by atoms with Crippen molar-refractivity contribution in [2.24, 2.45) is 0 Å². The zero-order valence-electron chi connectivity index (χ0n) is 21.2. The molecular formula is C28H29N3O5S. The second kappa shape index (κ2) is 10.3. The summed E-state index contributed by atoms with van der Waals surface area (Å²) in [4.78, 5) is 18.8. The highest BCUT2D eigenvalue weighted by atomic mass is 32.1. The first-order valence-electron chi connectivity index (χ1n) is 12.2. The van der Waals surface area contributed by atoms with E-state index in [-0.39, 0.29) is 5.41 Å². The highest BCUT2D eigenvalue weighted by molar-refractivity contribution is 7.13. The lowest BCUT2D eigenvalue weighted by Crippen LogP contribution is -2.12. The summed E-state index contributed by atoms with van der Waals surface area (Å²) in [6.45, 7) is 8.80. The standard InChI is InChI=1S/C28H29N3O5S/c1-5-8-22(25-30-27(32)36-31-25)34-20-10-7-6-9-17(20)15-33-19-11-12-21-18(13-19)14-23(35-21)26-29-24(16-37-26)28(2,3)4/h6-7,9-14,16,22H,5,8,15H2,1-4H3,(H,30,31,32). The Morgan fingerprint density at radius 1 is 1.14 bits per heavy atom. The molecule has 5 rings (SSSR count). The van der Waals surface area contributed by atoms with Crippen molar-refractivity contribution in [3.05, 3.63) is 81.5 Å². The maximum absolute atomic E-state index is 11.4. The molecule has 0 fully saturated rings. The number of aromatic nitrogens is 3. The van der Waals surface area contributed by atoms with Gasteiger partial charge in [-0.15, -0.1) is 11.3 Å². The molecule has 1 N–H and O–H groups in total. The lowest BCUT2D eigenvalue weighted by Gasteiger charge is -2.18. The Bertz CT molecular complexity index is 1560. The van der Waals surface area contributed by atoms with Crippen molar-refractivity contribution in [1.82, 2.24) is 15.1 Å². The molecule has 0 spiro atoms. The number of thiazole rings is 1. The molecule has 0 aliphatic heterocycles. The van der Waals surface area contributed by atoms with Crippen molar-refractivity contribution in [3.8, 4) is 22.3 Å². The molecule has 0 aliphatic rings. The van der Waals surface area contributed by atoms with Crippen LogP contribution in [0.5, 0.6) is 11.5 Å². The Balaban J connectivity index is 1.32. The first-order chi connectivity index (χ1) is 17.8. The van der Waals surface area contributed by atoms with Gasteiger partial charge in [0.15, 0.2) is 22.7 Å². The number of para-hydroxylation sites is 1. The van der Waals surface area contributed by atoms with Crippen molar-refractivity contribution in [1.29, 1.82) is 0 Å². The lowest BCUT2D eigenvalue weighted by atomic mass is 9.93. The fourth-order valence-electron chi connectivity index (χ4n) is 3.89. The molecule has 37 heavy (non-hydrogen) atoms. The first-order valence-corrected chi connectivity index (χ1v) is 13.1. The quantitative estimate of drug-likeness (QED) is 0.223. The molecule has 5 aromatic rings. The number of H-pyrrole nitrogens is 1. The molecule has 2 aromatic carbocycles. The van der Waals surface area contributed by atoms with Gasteiger partial charge >= 0.3 is 5.76 Å². The Kier molecular flexibility index (Phi) is 6.88. The fraction of sp³-hybridized carbons (Fsp3) is 0.321. The molecule has 0 saturated heterocycles. The Labute approximate surface area is 218 Å². The second-order valence-electron chi connectivity index (χ2n) is 9.87. The molecule has 0 radical (unpaired) electrons. The number of ether oxygens (including phenoxy) is 2. The van der Waals surface area contributed by atoms with Crippen LogP contribution in [-0.2, 0) is 12.0 Å². The predicted molar refractivity (Wildman–Crippen MR) is 142 cm³/mol. The van der Waals surface area contributed by atoms with Crippen LogP contribution < -0.4 is 15.2 Å². The van der Waals surface area contributed by atoms with E-state index in [0.29, 0.717) is 24.6 Å². The number of furan rings is 1. The van der Waals surface area contributed by atoms with E-state index in [9.17, 15) is 4.79 Å². The smallest absolute Gasteiger partial charge is 0.439 e. The van der Waals surface area contributed by atoms with Crippen LogP contribution in [0.3, 0.4) is 0 Å². The van der Waals surface area contributed by atoms with E-state index in [4.69, 9.17) is 18.9 Å². The average molecular weight is 520 g/mol. The molecular weight excluding hydrogens is 490 g/mol. The van der Waals surface area contributed by atoms with Crippen molar-refractivity contribution < 1.29 is 18.4 Å². The summed E-state index contributed by atoms with van der Waals surface area (Å²) in [5.74, 6) is 1.90. The maximum Gasteiger partial charge on any atom is 0.439 e. The summed E-state index contributed by atoms with van der Waals surface area (Å²) in [6.07, 6.45) is 1.10. The topological polar surface area (TPSA) is 103 Å². The maximum atomic E-state index is 11.4. The summed E-state index contributed by atoms with van der Waals surface area (Å²) in [5, 5.41) is 7.71. The van der Waals surface area contributed by atoms with E-state index in [2.05, 4.69) is 40.8 Å².